The van der Waals surface area contributed by atoms with E-state index in [9.17, 15) is 38.4 Å². The van der Waals surface area contributed by atoms with Crippen LogP contribution < -0.4 is 0 Å². The molecule has 262 valence electrons. The van der Waals surface area contributed by atoms with Gasteiger partial charge in [-0.25, -0.2) is 0 Å². The van der Waals surface area contributed by atoms with Gasteiger partial charge in [0, 0.05) is 36.5 Å². The van der Waals surface area contributed by atoms with Gasteiger partial charge in [0.05, 0.1) is 39.3 Å². The predicted octanol–water partition coefficient (Wildman–Crippen LogP) is 3.09. The normalized spacial score (nSPS) is 12.6. The van der Waals surface area contributed by atoms with Gasteiger partial charge in [-0.05, 0) is 13.8 Å². The number of ether oxygens (including phenoxy) is 6. The zero-order chi connectivity index (χ0) is 35.5. The highest BCUT2D eigenvalue weighted by Crippen LogP contribution is 2.18. The second-order valence-corrected chi connectivity index (χ2v) is 12.6. The molecule has 0 amide bonds. The Labute approximate surface area is 270 Å². The summed E-state index contributed by atoms with van der Waals surface area (Å²) < 4.78 is 29.8. The van der Waals surface area contributed by atoms with Crippen molar-refractivity contribution < 1.29 is 66.8 Å². The summed E-state index contributed by atoms with van der Waals surface area (Å²) in [6.45, 7) is 12.1. The van der Waals surface area contributed by atoms with Crippen LogP contribution in [0.15, 0.2) is 0 Å². The van der Waals surface area contributed by atoms with E-state index in [1.54, 1.807) is 41.5 Å². The SMILES string of the molecule is CC(C(=O)OCCCOC(=O)CCC(=O)C(C)(C)C)C(=O)OCCOC(=O)C(C)C(=O)OCCCOC(=O)CCC(=O)C(C)(C)C. The van der Waals surface area contributed by atoms with E-state index < -0.39 is 58.5 Å². The lowest BCUT2D eigenvalue weighted by atomic mass is 9.88. The predicted molar refractivity (Wildman–Crippen MR) is 161 cm³/mol. The van der Waals surface area contributed by atoms with Crippen LogP contribution in [0, 0.1) is 22.7 Å². The quantitative estimate of drug-likeness (QED) is 0.0756. The molecule has 0 radical (unpaired) electrons. The molecule has 0 rings (SSSR count). The third kappa shape index (κ3) is 18.8. The van der Waals surface area contributed by atoms with Crippen LogP contribution in [0.1, 0.15) is 93.9 Å². The molecule has 46 heavy (non-hydrogen) atoms. The van der Waals surface area contributed by atoms with Gasteiger partial charge in [-0.2, -0.15) is 0 Å². The molecule has 0 N–H and O–H groups in total. The topological polar surface area (TPSA) is 192 Å². The van der Waals surface area contributed by atoms with Gasteiger partial charge in [0.15, 0.2) is 11.8 Å². The first-order valence-electron chi connectivity index (χ1n) is 15.3. The molecule has 2 unspecified atom stereocenters. The monoisotopic (exact) mass is 658 g/mol. The first-order valence-corrected chi connectivity index (χ1v) is 15.3. The molecule has 0 fully saturated rings. The van der Waals surface area contributed by atoms with E-state index in [2.05, 4.69) is 0 Å². The van der Waals surface area contributed by atoms with Gasteiger partial charge in [-0.1, -0.05) is 41.5 Å². The maximum Gasteiger partial charge on any atom is 0.320 e. The number of ketones is 2. The molecule has 2 atom stereocenters. The van der Waals surface area contributed by atoms with Crippen molar-refractivity contribution in [1.29, 1.82) is 0 Å². The van der Waals surface area contributed by atoms with Crippen molar-refractivity contribution in [3.8, 4) is 0 Å². The van der Waals surface area contributed by atoms with Crippen LogP contribution >= 0.6 is 0 Å². The van der Waals surface area contributed by atoms with Crippen molar-refractivity contribution in [2.24, 2.45) is 22.7 Å². The zero-order valence-corrected chi connectivity index (χ0v) is 28.4. The Morgan fingerprint density at radius 2 is 0.674 bits per heavy atom. The highest BCUT2D eigenvalue weighted by atomic mass is 16.6. The number of Topliss-reactive ketones (excluding diaryl/α,β-unsaturated/α-hetero) is 2. The fourth-order valence-electron chi connectivity index (χ4n) is 3.14. The van der Waals surface area contributed by atoms with Crippen LogP contribution in [0.5, 0.6) is 0 Å². The summed E-state index contributed by atoms with van der Waals surface area (Å²) >= 11 is 0. The molecule has 0 aliphatic carbocycles. The molecule has 0 aliphatic heterocycles. The highest BCUT2D eigenvalue weighted by molar-refractivity contribution is 5.95. The van der Waals surface area contributed by atoms with Gasteiger partial charge >= 0.3 is 35.8 Å². The van der Waals surface area contributed by atoms with Gasteiger partial charge in [-0.15, -0.1) is 0 Å². The Morgan fingerprint density at radius 3 is 0.957 bits per heavy atom. The van der Waals surface area contributed by atoms with Crippen molar-refractivity contribution in [2.75, 3.05) is 39.6 Å². The van der Waals surface area contributed by atoms with Crippen molar-refractivity contribution >= 4 is 47.4 Å². The summed E-state index contributed by atoms with van der Waals surface area (Å²) in [6.07, 6.45) is 0.458. The van der Waals surface area contributed by atoms with E-state index in [1.807, 2.05) is 0 Å². The summed E-state index contributed by atoms with van der Waals surface area (Å²) in [7, 11) is 0. The van der Waals surface area contributed by atoms with E-state index in [1.165, 1.54) is 13.8 Å². The minimum Gasteiger partial charge on any atom is -0.466 e. The van der Waals surface area contributed by atoms with Crippen LogP contribution in [0.2, 0.25) is 0 Å². The Balaban J connectivity index is 4.07. The van der Waals surface area contributed by atoms with Gasteiger partial charge in [0.2, 0.25) is 0 Å². The third-order valence-corrected chi connectivity index (χ3v) is 6.36. The molecule has 0 aromatic carbocycles. The third-order valence-electron chi connectivity index (χ3n) is 6.36. The van der Waals surface area contributed by atoms with Crippen molar-refractivity contribution in [3.63, 3.8) is 0 Å². The molecule has 0 saturated carbocycles. The maximum absolute atomic E-state index is 12.1. The Bertz CT molecular complexity index is 980. The van der Waals surface area contributed by atoms with E-state index in [4.69, 9.17) is 28.4 Å². The number of carbonyl (C=O) groups excluding carboxylic acids is 8. The molecule has 0 saturated heterocycles. The van der Waals surface area contributed by atoms with E-state index in [-0.39, 0.29) is 89.7 Å². The summed E-state index contributed by atoms with van der Waals surface area (Å²) in [5.74, 6) is -7.24. The molecule has 0 aliphatic rings. The van der Waals surface area contributed by atoms with Gasteiger partial charge < -0.3 is 28.4 Å². The number of esters is 6. The molecule has 14 heteroatoms. The second kappa shape index (κ2) is 21.0. The summed E-state index contributed by atoms with van der Waals surface area (Å²) in [6, 6.07) is 0. The maximum atomic E-state index is 12.1. The summed E-state index contributed by atoms with van der Waals surface area (Å²) in [5, 5.41) is 0. The summed E-state index contributed by atoms with van der Waals surface area (Å²) in [4.78, 5) is 95.4. The number of carbonyl (C=O) groups is 8. The minimum absolute atomic E-state index is 0.0243. The standard InChI is InChI=1S/C32H50O14/c1-21(27(37)43-17-9-15-41-25(35)13-11-23(33)31(3,4)5)29(39)45-19-20-46-30(40)22(2)28(38)44-18-10-16-42-26(36)14-12-24(34)32(6,7)8/h21-22H,9-20H2,1-8H3. The Kier molecular flexibility index (Phi) is 19.3. The molecule has 0 spiro atoms. The molecular weight excluding hydrogens is 608 g/mol. The number of hydrogen-bond acceptors (Lipinski definition) is 14. The average molecular weight is 659 g/mol. The average Bonchev–Trinajstić information content (AvgIpc) is 2.97. The fraction of sp³-hybridized carbons (Fsp3) is 0.750. The van der Waals surface area contributed by atoms with Crippen molar-refractivity contribution in [2.45, 2.75) is 93.9 Å². The summed E-state index contributed by atoms with van der Waals surface area (Å²) in [5.41, 5.74) is -1.07. The van der Waals surface area contributed by atoms with Crippen molar-refractivity contribution in [1.82, 2.24) is 0 Å². The van der Waals surface area contributed by atoms with Crippen LogP contribution in [0.3, 0.4) is 0 Å². The molecule has 0 bridgehead atoms. The van der Waals surface area contributed by atoms with Gasteiger partial charge in [0.1, 0.15) is 24.8 Å². The van der Waals surface area contributed by atoms with E-state index >= 15 is 0 Å². The van der Waals surface area contributed by atoms with Crippen LogP contribution in [0.4, 0.5) is 0 Å². The van der Waals surface area contributed by atoms with E-state index in [0.717, 1.165) is 0 Å². The smallest absolute Gasteiger partial charge is 0.320 e. The molecule has 14 nitrogen and oxygen atoms in total. The first-order chi connectivity index (χ1) is 21.3. The Morgan fingerprint density at radius 1 is 0.413 bits per heavy atom. The highest BCUT2D eigenvalue weighted by Gasteiger charge is 2.27. The first kappa shape index (κ1) is 42.2. The van der Waals surface area contributed by atoms with Crippen LogP contribution in [-0.4, -0.2) is 87.0 Å². The van der Waals surface area contributed by atoms with Gasteiger partial charge in [-0.3, -0.25) is 38.4 Å². The zero-order valence-electron chi connectivity index (χ0n) is 28.4. The lowest BCUT2D eigenvalue weighted by Crippen LogP contribution is -2.29. The molecule has 0 aromatic heterocycles. The Hall–Kier alpha value is -3.84. The van der Waals surface area contributed by atoms with Crippen LogP contribution in [-0.2, 0) is 66.8 Å². The molecule has 0 heterocycles. The molecule has 0 aromatic rings. The van der Waals surface area contributed by atoms with Crippen LogP contribution in [0.25, 0.3) is 0 Å². The lowest BCUT2D eigenvalue weighted by Gasteiger charge is -2.16. The number of hydrogen-bond donors (Lipinski definition) is 0. The molecular formula is C32H50O14. The van der Waals surface area contributed by atoms with Crippen molar-refractivity contribution in [3.05, 3.63) is 0 Å². The second-order valence-electron chi connectivity index (χ2n) is 12.6. The number of rotatable bonds is 21. The van der Waals surface area contributed by atoms with E-state index in [0.29, 0.717) is 0 Å². The minimum atomic E-state index is -1.26. The lowest BCUT2D eigenvalue weighted by molar-refractivity contribution is -0.168. The van der Waals surface area contributed by atoms with Gasteiger partial charge in [0.25, 0.3) is 0 Å². The largest absolute Gasteiger partial charge is 0.466 e. The fourth-order valence-corrected chi connectivity index (χ4v) is 3.14.